The molecule has 1 aliphatic heterocycles. The van der Waals surface area contributed by atoms with E-state index in [2.05, 4.69) is 5.32 Å². The largest absolute Gasteiger partial charge is 0.365 e. The molecule has 1 aromatic rings. The van der Waals surface area contributed by atoms with Crippen molar-refractivity contribution in [3.05, 3.63) is 33.7 Å². The maximum Gasteiger partial charge on any atom is 0.268 e. The molecule has 0 unspecified atom stereocenters. The lowest BCUT2D eigenvalue weighted by Crippen LogP contribution is -2.56. The molecular formula is C12H13N3O3. The molecule has 0 saturated heterocycles. The molecule has 2 heterocycles. The van der Waals surface area contributed by atoms with E-state index >= 15 is 0 Å². The van der Waals surface area contributed by atoms with Crippen LogP contribution in [0.15, 0.2) is 17.1 Å². The molecule has 0 bridgehead atoms. The molecule has 6 nitrogen and oxygen atoms in total. The molecule has 3 N–H and O–H groups in total. The first kappa shape index (κ1) is 11.0. The highest BCUT2D eigenvalue weighted by Gasteiger charge is 2.43. The van der Waals surface area contributed by atoms with Crippen LogP contribution in [0.4, 0.5) is 0 Å². The lowest BCUT2D eigenvalue weighted by Gasteiger charge is -2.47. The van der Waals surface area contributed by atoms with Crippen molar-refractivity contribution >= 4 is 11.8 Å². The maximum atomic E-state index is 11.8. The van der Waals surface area contributed by atoms with Crippen LogP contribution in [-0.2, 0) is 5.54 Å². The molecule has 3 rings (SSSR count). The third-order valence-corrected chi connectivity index (χ3v) is 3.92. The van der Waals surface area contributed by atoms with Gasteiger partial charge in [0.2, 0.25) is 0 Å². The smallest absolute Gasteiger partial charge is 0.268 e. The summed E-state index contributed by atoms with van der Waals surface area (Å²) in [4.78, 5) is 34.7. The van der Waals surface area contributed by atoms with Crippen LogP contribution in [0.25, 0.3) is 0 Å². The van der Waals surface area contributed by atoms with Crippen molar-refractivity contribution in [1.82, 2.24) is 9.88 Å². The van der Waals surface area contributed by atoms with Crippen LogP contribution >= 0.6 is 0 Å². The molecule has 1 saturated carbocycles. The molecule has 1 aliphatic carbocycles. The second-order valence-corrected chi connectivity index (χ2v) is 4.93. The van der Waals surface area contributed by atoms with E-state index in [1.807, 2.05) is 0 Å². The number of carbonyl (C=O) groups is 2. The van der Waals surface area contributed by atoms with E-state index in [0.29, 0.717) is 12.2 Å². The number of hydrogen-bond donors (Lipinski definition) is 2. The normalized spacial score (nSPS) is 19.9. The van der Waals surface area contributed by atoms with Crippen molar-refractivity contribution in [2.75, 3.05) is 6.54 Å². The monoisotopic (exact) mass is 247 g/mol. The van der Waals surface area contributed by atoms with Gasteiger partial charge in [-0.2, -0.15) is 0 Å². The first-order chi connectivity index (χ1) is 8.53. The topological polar surface area (TPSA) is 94.2 Å². The van der Waals surface area contributed by atoms with E-state index in [-0.39, 0.29) is 17.0 Å². The second-order valence-electron chi connectivity index (χ2n) is 4.93. The van der Waals surface area contributed by atoms with E-state index in [4.69, 9.17) is 5.73 Å². The summed E-state index contributed by atoms with van der Waals surface area (Å²) >= 11 is 0. The summed E-state index contributed by atoms with van der Waals surface area (Å²) < 4.78 is 1.76. The fourth-order valence-corrected chi connectivity index (χ4v) is 2.71. The summed E-state index contributed by atoms with van der Waals surface area (Å²) in [5.74, 6) is -1.03. The zero-order valence-electron chi connectivity index (χ0n) is 9.73. The Morgan fingerprint density at radius 3 is 2.67 bits per heavy atom. The number of aromatic nitrogens is 1. The molecule has 0 radical (unpaired) electrons. The lowest BCUT2D eigenvalue weighted by atomic mass is 9.75. The van der Waals surface area contributed by atoms with Gasteiger partial charge in [-0.25, -0.2) is 0 Å². The van der Waals surface area contributed by atoms with Crippen LogP contribution in [0.2, 0.25) is 0 Å². The minimum Gasteiger partial charge on any atom is -0.365 e. The summed E-state index contributed by atoms with van der Waals surface area (Å²) in [6, 6.07) is 1.20. The van der Waals surface area contributed by atoms with Crippen molar-refractivity contribution in [2.45, 2.75) is 24.8 Å². The molecule has 1 aromatic heterocycles. The molecular weight excluding hydrogens is 234 g/mol. The maximum absolute atomic E-state index is 11.8. The van der Waals surface area contributed by atoms with Crippen molar-refractivity contribution < 1.29 is 9.59 Å². The molecule has 18 heavy (non-hydrogen) atoms. The Kier molecular flexibility index (Phi) is 2.10. The SMILES string of the molecule is NC(=O)c1cn2c(cc1=O)C(=O)NCC21CCC1. The van der Waals surface area contributed by atoms with Crippen LogP contribution < -0.4 is 16.5 Å². The minimum absolute atomic E-state index is 0.0558. The second kappa shape index (κ2) is 3.44. The van der Waals surface area contributed by atoms with Crippen LogP contribution in [0, 0.1) is 0 Å². The van der Waals surface area contributed by atoms with Crippen LogP contribution in [0.5, 0.6) is 0 Å². The van der Waals surface area contributed by atoms with Crippen molar-refractivity contribution in [3.63, 3.8) is 0 Å². The van der Waals surface area contributed by atoms with E-state index < -0.39 is 11.3 Å². The van der Waals surface area contributed by atoms with Crippen molar-refractivity contribution in [3.8, 4) is 0 Å². The molecule has 2 amide bonds. The number of hydrogen-bond acceptors (Lipinski definition) is 3. The van der Waals surface area contributed by atoms with E-state index in [9.17, 15) is 14.4 Å². The number of nitrogens with one attached hydrogen (secondary N) is 1. The highest BCUT2D eigenvalue weighted by molar-refractivity contribution is 5.96. The fraction of sp³-hybridized carbons (Fsp3) is 0.417. The van der Waals surface area contributed by atoms with Gasteiger partial charge in [0, 0.05) is 18.8 Å². The van der Waals surface area contributed by atoms with Gasteiger partial charge in [-0.3, -0.25) is 14.4 Å². The van der Waals surface area contributed by atoms with E-state index in [1.54, 1.807) is 4.57 Å². The number of nitrogens with zero attached hydrogens (tertiary/aromatic N) is 1. The van der Waals surface area contributed by atoms with Crippen molar-refractivity contribution in [2.24, 2.45) is 5.73 Å². The number of nitrogens with two attached hydrogens (primary N) is 1. The van der Waals surface area contributed by atoms with Gasteiger partial charge < -0.3 is 15.6 Å². The Morgan fingerprint density at radius 1 is 1.39 bits per heavy atom. The quantitative estimate of drug-likeness (QED) is 0.705. The highest BCUT2D eigenvalue weighted by atomic mass is 16.2. The number of primary amides is 1. The van der Waals surface area contributed by atoms with Gasteiger partial charge in [0.05, 0.1) is 5.54 Å². The zero-order chi connectivity index (χ0) is 12.9. The summed E-state index contributed by atoms with van der Waals surface area (Å²) in [6.07, 6.45) is 4.38. The molecule has 94 valence electrons. The average Bonchev–Trinajstić information content (AvgIpc) is 2.27. The fourth-order valence-electron chi connectivity index (χ4n) is 2.71. The Morgan fingerprint density at radius 2 is 2.11 bits per heavy atom. The summed E-state index contributed by atoms with van der Waals surface area (Å²) in [7, 11) is 0. The number of rotatable bonds is 1. The number of amides is 2. The van der Waals surface area contributed by atoms with Crippen LogP contribution in [-0.4, -0.2) is 22.9 Å². The minimum atomic E-state index is -0.754. The molecule has 2 aliphatic rings. The Bertz CT molecular complexity index is 613. The first-order valence-electron chi connectivity index (χ1n) is 5.89. The predicted molar refractivity (Wildman–Crippen MR) is 63.4 cm³/mol. The molecule has 0 aromatic carbocycles. The lowest BCUT2D eigenvalue weighted by molar-refractivity contribution is 0.0737. The number of fused-ring (bicyclic) bond motifs is 2. The highest BCUT2D eigenvalue weighted by Crippen LogP contribution is 2.40. The van der Waals surface area contributed by atoms with E-state index in [0.717, 1.165) is 19.3 Å². The van der Waals surface area contributed by atoms with Gasteiger partial charge in [-0.05, 0) is 19.3 Å². The Labute approximate surface area is 103 Å². The average molecular weight is 247 g/mol. The first-order valence-corrected chi connectivity index (χ1v) is 5.89. The number of carbonyl (C=O) groups excluding carboxylic acids is 2. The molecule has 0 atom stereocenters. The predicted octanol–water partition coefficient (Wildman–Crippen LogP) is -0.430. The zero-order valence-corrected chi connectivity index (χ0v) is 9.73. The summed E-state index contributed by atoms with van der Waals surface area (Å²) in [5.41, 5.74) is 4.76. The molecule has 1 spiro atoms. The van der Waals surface area contributed by atoms with Gasteiger partial charge in [0.25, 0.3) is 11.8 Å². The van der Waals surface area contributed by atoms with Gasteiger partial charge in [-0.1, -0.05) is 0 Å². The Balaban J connectivity index is 2.25. The van der Waals surface area contributed by atoms with Crippen LogP contribution in [0.1, 0.15) is 40.1 Å². The Hall–Kier alpha value is -2.11. The standard InChI is InChI=1S/C12H13N3O3/c13-10(17)7-5-15-8(4-9(7)16)11(18)14-6-12(15)2-1-3-12/h4-5H,1-3,6H2,(H2,13,17)(H,14,18). The van der Waals surface area contributed by atoms with Gasteiger partial charge >= 0.3 is 0 Å². The van der Waals surface area contributed by atoms with E-state index in [1.165, 1.54) is 12.3 Å². The molecule has 6 heteroatoms. The molecule has 1 fully saturated rings. The number of pyridine rings is 1. The van der Waals surface area contributed by atoms with Gasteiger partial charge in [0.1, 0.15) is 11.3 Å². The van der Waals surface area contributed by atoms with Gasteiger partial charge in [0.15, 0.2) is 5.43 Å². The third-order valence-electron chi connectivity index (χ3n) is 3.92. The summed E-state index contributed by atoms with van der Waals surface area (Å²) in [6.45, 7) is 0.542. The third kappa shape index (κ3) is 1.32. The van der Waals surface area contributed by atoms with Crippen molar-refractivity contribution in [1.29, 1.82) is 0 Å². The van der Waals surface area contributed by atoms with Crippen LogP contribution in [0.3, 0.4) is 0 Å². The van der Waals surface area contributed by atoms with Gasteiger partial charge in [-0.15, -0.1) is 0 Å². The summed E-state index contributed by atoms with van der Waals surface area (Å²) in [5, 5.41) is 2.79.